The lowest BCUT2D eigenvalue weighted by Crippen LogP contribution is -2.52. The molecule has 0 saturated carbocycles. The second kappa shape index (κ2) is 5.77. The Balaban J connectivity index is 0.000000704. The molecule has 2 aliphatic heterocycles. The number of aromatic nitrogens is 2. The molecule has 1 unspecified atom stereocenters. The molecule has 1 saturated heterocycles. The van der Waals surface area contributed by atoms with Gasteiger partial charge in [-0.1, -0.05) is 13.8 Å². The highest BCUT2D eigenvalue weighted by Gasteiger charge is 2.39. The summed E-state index contributed by atoms with van der Waals surface area (Å²) in [5.74, 6) is -0.984. The van der Waals surface area contributed by atoms with Gasteiger partial charge in [0, 0.05) is 18.2 Å². The molecule has 106 valence electrons. The predicted octanol–water partition coefficient (Wildman–Crippen LogP) is 0.264. The minimum Gasteiger partial charge on any atom is -0.321 e. The van der Waals surface area contributed by atoms with Gasteiger partial charge in [0.05, 0.1) is 6.54 Å². The van der Waals surface area contributed by atoms with Gasteiger partial charge in [0.1, 0.15) is 18.1 Å². The van der Waals surface area contributed by atoms with Gasteiger partial charge in [-0.15, -0.1) is 0 Å². The molecule has 1 atom stereocenters. The number of amides is 3. The van der Waals surface area contributed by atoms with Gasteiger partial charge in [-0.05, 0) is 6.42 Å². The number of fused-ring (bicyclic) bond motifs is 1. The van der Waals surface area contributed by atoms with E-state index in [4.69, 9.17) is 0 Å². The molecule has 0 aliphatic carbocycles. The van der Waals surface area contributed by atoms with E-state index in [1.165, 1.54) is 11.2 Å². The van der Waals surface area contributed by atoms with Gasteiger partial charge < -0.3 is 4.90 Å². The van der Waals surface area contributed by atoms with Crippen molar-refractivity contribution in [1.29, 1.82) is 0 Å². The van der Waals surface area contributed by atoms with Crippen LogP contribution in [0.3, 0.4) is 0 Å². The van der Waals surface area contributed by atoms with Gasteiger partial charge in [-0.3, -0.25) is 19.7 Å². The largest absolute Gasteiger partial charge is 0.321 e. The molecule has 3 rings (SSSR count). The van der Waals surface area contributed by atoms with Crippen molar-refractivity contribution >= 4 is 17.7 Å². The van der Waals surface area contributed by atoms with E-state index in [9.17, 15) is 14.4 Å². The van der Waals surface area contributed by atoms with Crippen LogP contribution in [-0.2, 0) is 16.1 Å². The Kier molecular flexibility index (Phi) is 4.07. The highest BCUT2D eigenvalue weighted by Crippen LogP contribution is 2.24. The fraction of sp³-hybridized carbons (Fsp3) is 0.462. The first kappa shape index (κ1) is 14.1. The monoisotopic (exact) mass is 276 g/mol. The summed E-state index contributed by atoms with van der Waals surface area (Å²) in [6.07, 6.45) is 3.50. The van der Waals surface area contributed by atoms with Gasteiger partial charge in [-0.2, -0.15) is 0 Å². The van der Waals surface area contributed by atoms with Crippen LogP contribution in [0.4, 0.5) is 0 Å². The summed E-state index contributed by atoms with van der Waals surface area (Å²) >= 11 is 0. The van der Waals surface area contributed by atoms with Crippen LogP contribution in [0.2, 0.25) is 0 Å². The van der Waals surface area contributed by atoms with Crippen molar-refractivity contribution in [2.24, 2.45) is 0 Å². The van der Waals surface area contributed by atoms with Crippen LogP contribution >= 0.6 is 0 Å². The Hall–Kier alpha value is -2.31. The first-order chi connectivity index (χ1) is 9.66. The molecular weight excluding hydrogens is 260 g/mol. The van der Waals surface area contributed by atoms with E-state index in [-0.39, 0.29) is 18.2 Å². The summed E-state index contributed by atoms with van der Waals surface area (Å²) in [5, 5.41) is 2.25. The van der Waals surface area contributed by atoms with Crippen molar-refractivity contribution in [2.75, 3.05) is 0 Å². The summed E-state index contributed by atoms with van der Waals surface area (Å²) < 4.78 is 0. The van der Waals surface area contributed by atoms with Gasteiger partial charge >= 0.3 is 0 Å². The number of carbonyl (C=O) groups is 3. The molecule has 0 aromatic carbocycles. The fourth-order valence-corrected chi connectivity index (χ4v) is 2.29. The van der Waals surface area contributed by atoms with E-state index < -0.39 is 11.9 Å². The Morgan fingerprint density at radius 2 is 2.05 bits per heavy atom. The van der Waals surface area contributed by atoms with Crippen LogP contribution < -0.4 is 5.32 Å². The maximum Gasteiger partial charge on any atom is 0.273 e. The lowest BCUT2D eigenvalue weighted by molar-refractivity contribution is -0.136. The summed E-state index contributed by atoms with van der Waals surface area (Å²) in [6.45, 7) is 4.32. The lowest BCUT2D eigenvalue weighted by Gasteiger charge is -2.29. The van der Waals surface area contributed by atoms with Crippen molar-refractivity contribution in [3.8, 4) is 0 Å². The molecule has 1 N–H and O–H groups in total. The summed E-state index contributed by atoms with van der Waals surface area (Å²) in [7, 11) is 0. The summed E-state index contributed by atoms with van der Waals surface area (Å²) in [5.41, 5.74) is 1.06. The van der Waals surface area contributed by atoms with Crippen molar-refractivity contribution in [3.05, 3.63) is 23.8 Å². The van der Waals surface area contributed by atoms with Gasteiger partial charge in [0.15, 0.2) is 0 Å². The van der Waals surface area contributed by atoms with Gasteiger partial charge in [0.25, 0.3) is 5.91 Å². The molecule has 1 aromatic rings. The number of piperidine rings is 1. The quantitative estimate of drug-likeness (QED) is 0.743. The van der Waals surface area contributed by atoms with E-state index >= 15 is 0 Å². The zero-order valence-electron chi connectivity index (χ0n) is 11.4. The standard InChI is InChI=1S/C11H10N4O3.C2H6/c16-8-2-1-7(10(17)14-8)15-4-6-3-12-5-13-9(6)11(15)18;1-2/h3,5,7H,1-2,4H2,(H,14,16,17);1-2H3. The van der Waals surface area contributed by atoms with Crippen molar-refractivity contribution in [3.63, 3.8) is 0 Å². The zero-order chi connectivity index (χ0) is 14.7. The first-order valence-electron chi connectivity index (χ1n) is 6.60. The zero-order valence-corrected chi connectivity index (χ0v) is 11.4. The van der Waals surface area contributed by atoms with E-state index in [0.29, 0.717) is 24.2 Å². The van der Waals surface area contributed by atoms with E-state index in [2.05, 4.69) is 15.3 Å². The third-order valence-corrected chi connectivity index (χ3v) is 3.18. The molecule has 7 heteroatoms. The number of hydrogen-bond acceptors (Lipinski definition) is 5. The maximum atomic E-state index is 12.1. The van der Waals surface area contributed by atoms with E-state index in [1.54, 1.807) is 6.20 Å². The maximum absolute atomic E-state index is 12.1. The minimum absolute atomic E-state index is 0.252. The van der Waals surface area contributed by atoms with E-state index in [0.717, 1.165) is 0 Å². The minimum atomic E-state index is -0.593. The SMILES string of the molecule is CC.O=C1CCC(N2Cc3cncnc3C2=O)C(=O)N1. The number of hydrogen-bond donors (Lipinski definition) is 1. The second-order valence-electron chi connectivity index (χ2n) is 4.30. The number of imide groups is 1. The second-order valence-corrected chi connectivity index (χ2v) is 4.30. The molecule has 1 fully saturated rings. The van der Waals surface area contributed by atoms with Crippen LogP contribution in [0.5, 0.6) is 0 Å². The Bertz CT molecular complexity index is 558. The molecule has 1 aromatic heterocycles. The van der Waals surface area contributed by atoms with Gasteiger partial charge in [0.2, 0.25) is 11.8 Å². The first-order valence-corrected chi connectivity index (χ1v) is 6.60. The molecule has 3 heterocycles. The normalized spacial score (nSPS) is 21.0. The Morgan fingerprint density at radius 1 is 1.30 bits per heavy atom. The third-order valence-electron chi connectivity index (χ3n) is 3.18. The third kappa shape index (κ3) is 2.38. The van der Waals surface area contributed by atoms with Crippen molar-refractivity contribution in [2.45, 2.75) is 39.3 Å². The number of rotatable bonds is 1. The van der Waals surface area contributed by atoms with Crippen LogP contribution in [0.25, 0.3) is 0 Å². The Labute approximate surface area is 116 Å². The van der Waals surface area contributed by atoms with Crippen LogP contribution in [0.1, 0.15) is 42.7 Å². The molecular formula is C13H16N4O3. The topological polar surface area (TPSA) is 92.3 Å². The molecule has 20 heavy (non-hydrogen) atoms. The number of nitrogens with one attached hydrogen (secondary N) is 1. The summed E-state index contributed by atoms with van der Waals surface area (Å²) in [4.78, 5) is 44.1. The molecule has 0 radical (unpaired) electrons. The summed E-state index contributed by atoms with van der Waals surface area (Å²) in [6, 6.07) is -0.593. The predicted molar refractivity (Wildman–Crippen MR) is 69.4 cm³/mol. The molecule has 0 spiro atoms. The molecule has 7 nitrogen and oxygen atoms in total. The van der Waals surface area contributed by atoms with Crippen molar-refractivity contribution in [1.82, 2.24) is 20.2 Å². The average molecular weight is 276 g/mol. The van der Waals surface area contributed by atoms with E-state index in [1.807, 2.05) is 13.8 Å². The molecule has 2 aliphatic rings. The lowest BCUT2D eigenvalue weighted by atomic mass is 10.0. The van der Waals surface area contributed by atoms with Crippen molar-refractivity contribution < 1.29 is 14.4 Å². The fourth-order valence-electron chi connectivity index (χ4n) is 2.29. The smallest absolute Gasteiger partial charge is 0.273 e. The highest BCUT2D eigenvalue weighted by atomic mass is 16.2. The average Bonchev–Trinajstić information content (AvgIpc) is 2.79. The molecule has 3 amide bonds. The Morgan fingerprint density at radius 3 is 2.70 bits per heavy atom. The van der Waals surface area contributed by atoms with Crippen LogP contribution in [-0.4, -0.2) is 38.6 Å². The number of carbonyl (C=O) groups excluding carboxylic acids is 3. The van der Waals surface area contributed by atoms with Crippen LogP contribution in [0.15, 0.2) is 12.5 Å². The van der Waals surface area contributed by atoms with Gasteiger partial charge in [-0.25, -0.2) is 9.97 Å². The highest BCUT2D eigenvalue weighted by molar-refractivity contribution is 6.04. The number of nitrogens with zero attached hydrogens (tertiary/aromatic N) is 3. The molecule has 0 bridgehead atoms. The van der Waals surface area contributed by atoms with Crippen LogP contribution in [0, 0.1) is 0 Å².